The van der Waals surface area contributed by atoms with E-state index in [1.165, 1.54) is 11.8 Å². The molecule has 12 heteroatoms. The third kappa shape index (κ3) is 5.63. The fourth-order valence-corrected chi connectivity index (χ4v) is 4.14. The first-order chi connectivity index (χ1) is 14.5. The highest BCUT2D eigenvalue weighted by atomic mass is 32.2. The molecule has 3 rings (SSSR count). The SMILES string of the molecule is Cc1cc(C)nc(SCC(=O)N2CCN(c3ccc(C(F)(F)F)cc3[N+](=O)[O-])CC2)n1. The number of carbonyl (C=O) groups excluding carboxylic acids is 1. The number of thioether (sulfide) groups is 1. The van der Waals surface area contributed by atoms with Crippen LogP contribution in [0, 0.1) is 24.0 Å². The number of anilines is 1. The Morgan fingerprint density at radius 2 is 1.74 bits per heavy atom. The summed E-state index contributed by atoms with van der Waals surface area (Å²) in [5, 5.41) is 11.8. The number of piperazine rings is 1. The van der Waals surface area contributed by atoms with Crippen molar-refractivity contribution in [2.75, 3.05) is 36.8 Å². The molecule has 0 aliphatic carbocycles. The molecule has 1 aromatic heterocycles. The summed E-state index contributed by atoms with van der Waals surface area (Å²) in [5.41, 5.74) is 0.0750. The highest BCUT2D eigenvalue weighted by molar-refractivity contribution is 7.99. The number of alkyl halides is 3. The minimum atomic E-state index is -4.66. The fraction of sp³-hybridized carbons (Fsp3) is 0.421. The molecule has 1 fully saturated rings. The number of benzene rings is 1. The Kier molecular flexibility index (Phi) is 6.68. The smallest absolute Gasteiger partial charge is 0.362 e. The van der Waals surface area contributed by atoms with E-state index in [1.54, 1.807) is 9.80 Å². The van der Waals surface area contributed by atoms with Crippen molar-refractivity contribution < 1.29 is 22.9 Å². The first kappa shape index (κ1) is 22.8. The van der Waals surface area contributed by atoms with Gasteiger partial charge in [-0.25, -0.2) is 9.97 Å². The first-order valence-electron chi connectivity index (χ1n) is 9.38. The number of carbonyl (C=O) groups is 1. The molecule has 0 atom stereocenters. The van der Waals surface area contributed by atoms with E-state index in [2.05, 4.69) is 9.97 Å². The van der Waals surface area contributed by atoms with E-state index in [0.717, 1.165) is 23.5 Å². The van der Waals surface area contributed by atoms with Crippen LogP contribution in [0.2, 0.25) is 0 Å². The number of aryl methyl sites for hydroxylation is 2. The van der Waals surface area contributed by atoms with E-state index in [4.69, 9.17) is 0 Å². The van der Waals surface area contributed by atoms with Crippen LogP contribution in [0.5, 0.6) is 0 Å². The average Bonchev–Trinajstić information content (AvgIpc) is 2.70. The monoisotopic (exact) mass is 455 g/mol. The fourth-order valence-electron chi connectivity index (χ4n) is 3.29. The highest BCUT2D eigenvalue weighted by Crippen LogP contribution is 2.36. The molecule has 166 valence electrons. The number of hydrogen-bond acceptors (Lipinski definition) is 7. The van der Waals surface area contributed by atoms with Gasteiger partial charge >= 0.3 is 6.18 Å². The number of nitro groups is 1. The molecule has 31 heavy (non-hydrogen) atoms. The number of hydrogen-bond donors (Lipinski definition) is 0. The van der Waals surface area contributed by atoms with Gasteiger partial charge in [-0.1, -0.05) is 11.8 Å². The standard InChI is InChI=1S/C19H20F3N5O3S/c1-12-9-13(2)24-18(23-12)31-11-17(28)26-7-5-25(6-8-26)15-4-3-14(19(20,21)22)10-16(15)27(29)30/h3-4,9-10H,5-8,11H2,1-2H3. The van der Waals surface area contributed by atoms with Gasteiger partial charge in [0, 0.05) is 43.6 Å². The molecule has 1 aromatic carbocycles. The lowest BCUT2D eigenvalue weighted by Gasteiger charge is -2.35. The lowest BCUT2D eigenvalue weighted by molar-refractivity contribution is -0.384. The summed E-state index contributed by atoms with van der Waals surface area (Å²) in [6, 6.07) is 4.34. The predicted molar refractivity (Wildman–Crippen MR) is 109 cm³/mol. The van der Waals surface area contributed by atoms with Gasteiger partial charge in [0.25, 0.3) is 5.69 Å². The first-order valence-corrected chi connectivity index (χ1v) is 10.4. The van der Waals surface area contributed by atoms with Crippen molar-refractivity contribution in [2.24, 2.45) is 0 Å². The Labute approximate surface area is 180 Å². The summed E-state index contributed by atoms with van der Waals surface area (Å²) in [4.78, 5) is 34.8. The van der Waals surface area contributed by atoms with Crippen molar-refractivity contribution in [3.05, 3.63) is 51.3 Å². The number of nitrogens with zero attached hydrogens (tertiary/aromatic N) is 5. The lowest BCUT2D eigenvalue weighted by atomic mass is 10.1. The molecule has 8 nitrogen and oxygen atoms in total. The van der Waals surface area contributed by atoms with Gasteiger partial charge in [-0.3, -0.25) is 14.9 Å². The van der Waals surface area contributed by atoms with Crippen LogP contribution < -0.4 is 4.90 Å². The maximum Gasteiger partial charge on any atom is 0.416 e. The van der Waals surface area contributed by atoms with Crippen molar-refractivity contribution in [3.63, 3.8) is 0 Å². The summed E-state index contributed by atoms with van der Waals surface area (Å²) < 4.78 is 38.7. The quantitative estimate of drug-likeness (QED) is 0.295. The molecule has 1 aliphatic heterocycles. The minimum Gasteiger partial charge on any atom is -0.362 e. The van der Waals surface area contributed by atoms with Gasteiger partial charge in [0.1, 0.15) is 5.69 Å². The van der Waals surface area contributed by atoms with E-state index < -0.39 is 22.4 Å². The molecule has 0 N–H and O–H groups in total. The summed E-state index contributed by atoms with van der Waals surface area (Å²) in [7, 11) is 0. The highest BCUT2D eigenvalue weighted by Gasteiger charge is 2.34. The zero-order chi connectivity index (χ0) is 22.8. The lowest BCUT2D eigenvalue weighted by Crippen LogP contribution is -2.49. The molecule has 0 bridgehead atoms. The van der Waals surface area contributed by atoms with E-state index in [9.17, 15) is 28.1 Å². The molecule has 1 amide bonds. The van der Waals surface area contributed by atoms with Crippen LogP contribution in [0.4, 0.5) is 24.5 Å². The maximum absolute atomic E-state index is 12.9. The topological polar surface area (TPSA) is 92.5 Å². The molecule has 0 spiro atoms. The van der Waals surface area contributed by atoms with Gasteiger partial charge in [-0.05, 0) is 32.0 Å². The molecule has 2 aromatic rings. The molecule has 2 heterocycles. The van der Waals surface area contributed by atoms with Crippen LogP contribution in [-0.4, -0.2) is 57.6 Å². The summed E-state index contributed by atoms with van der Waals surface area (Å²) in [5.74, 6) is 0.0397. The second-order valence-electron chi connectivity index (χ2n) is 7.05. The third-order valence-electron chi connectivity index (χ3n) is 4.76. The third-order valence-corrected chi connectivity index (χ3v) is 5.59. The predicted octanol–water partition coefficient (Wildman–Crippen LogP) is 3.46. The van der Waals surface area contributed by atoms with E-state index in [0.29, 0.717) is 24.3 Å². The van der Waals surface area contributed by atoms with Gasteiger partial charge in [0.2, 0.25) is 5.91 Å². The largest absolute Gasteiger partial charge is 0.416 e. The zero-order valence-corrected chi connectivity index (χ0v) is 17.7. The second kappa shape index (κ2) is 9.08. The Morgan fingerprint density at radius 3 is 2.29 bits per heavy atom. The molecule has 1 saturated heterocycles. The molecule has 0 unspecified atom stereocenters. The number of rotatable bonds is 5. The van der Waals surface area contributed by atoms with Crippen molar-refractivity contribution in [1.29, 1.82) is 0 Å². The van der Waals surface area contributed by atoms with Gasteiger partial charge < -0.3 is 9.80 Å². The summed E-state index contributed by atoms with van der Waals surface area (Å²) in [6.07, 6.45) is -4.66. The van der Waals surface area contributed by atoms with Crippen LogP contribution in [-0.2, 0) is 11.0 Å². The zero-order valence-electron chi connectivity index (χ0n) is 16.8. The van der Waals surface area contributed by atoms with Crippen LogP contribution in [0.1, 0.15) is 17.0 Å². The average molecular weight is 455 g/mol. The van der Waals surface area contributed by atoms with Gasteiger partial charge in [-0.15, -0.1) is 0 Å². The number of nitro benzene ring substituents is 1. The molecule has 0 saturated carbocycles. The van der Waals surface area contributed by atoms with Crippen molar-refractivity contribution in [3.8, 4) is 0 Å². The van der Waals surface area contributed by atoms with E-state index >= 15 is 0 Å². The van der Waals surface area contributed by atoms with Crippen LogP contribution in [0.25, 0.3) is 0 Å². The van der Waals surface area contributed by atoms with Gasteiger partial charge in [0.15, 0.2) is 5.16 Å². The molecular weight excluding hydrogens is 435 g/mol. The minimum absolute atomic E-state index is 0.114. The van der Waals surface area contributed by atoms with Crippen molar-refractivity contribution in [2.45, 2.75) is 25.2 Å². The van der Waals surface area contributed by atoms with Crippen molar-refractivity contribution >= 4 is 29.0 Å². The summed E-state index contributed by atoms with van der Waals surface area (Å²) in [6.45, 7) is 4.88. The Bertz CT molecular complexity index is 974. The Hall–Kier alpha value is -2.89. The van der Waals surface area contributed by atoms with E-state index in [-0.39, 0.29) is 30.4 Å². The van der Waals surface area contributed by atoms with Gasteiger partial charge in [-0.2, -0.15) is 13.2 Å². The second-order valence-corrected chi connectivity index (χ2v) is 7.99. The maximum atomic E-state index is 12.9. The van der Waals surface area contributed by atoms with Crippen molar-refractivity contribution in [1.82, 2.24) is 14.9 Å². The molecular formula is C19H20F3N5O3S. The molecule has 0 radical (unpaired) electrons. The summed E-state index contributed by atoms with van der Waals surface area (Å²) >= 11 is 1.24. The Balaban J connectivity index is 1.62. The Morgan fingerprint density at radius 1 is 1.13 bits per heavy atom. The van der Waals surface area contributed by atoms with E-state index in [1.807, 2.05) is 19.9 Å². The van der Waals surface area contributed by atoms with Gasteiger partial charge in [0.05, 0.1) is 16.2 Å². The van der Waals surface area contributed by atoms with Crippen LogP contribution >= 0.6 is 11.8 Å². The van der Waals surface area contributed by atoms with Crippen LogP contribution in [0.15, 0.2) is 29.4 Å². The number of aromatic nitrogens is 2. The normalized spacial score (nSPS) is 14.6. The molecule has 1 aliphatic rings. The number of halogens is 3. The van der Waals surface area contributed by atoms with Crippen LogP contribution in [0.3, 0.4) is 0 Å². The number of amides is 1.